The SMILES string of the molecule is C#CCCCN(C)C(=O)C(C#N)=NOC. The predicted octanol–water partition coefficient (Wildman–Crippen LogP) is 0.384. The maximum Gasteiger partial charge on any atom is 0.286 e. The fraction of sp³-hybridized carbons (Fsp3) is 0.500. The van der Waals surface area contributed by atoms with Crippen molar-refractivity contribution < 1.29 is 9.63 Å². The molecule has 80 valence electrons. The van der Waals surface area contributed by atoms with E-state index in [1.807, 2.05) is 0 Å². The molecule has 5 nitrogen and oxygen atoms in total. The van der Waals surface area contributed by atoms with Gasteiger partial charge in [-0.15, -0.1) is 12.3 Å². The number of oxime groups is 1. The molecule has 0 rings (SSSR count). The number of nitriles is 1. The van der Waals surface area contributed by atoms with Gasteiger partial charge < -0.3 is 9.74 Å². The van der Waals surface area contributed by atoms with Gasteiger partial charge in [0.1, 0.15) is 13.2 Å². The normalized spacial score (nSPS) is 10.0. The van der Waals surface area contributed by atoms with Crippen LogP contribution in [0.4, 0.5) is 0 Å². The summed E-state index contributed by atoms with van der Waals surface area (Å²) in [7, 11) is 2.87. The summed E-state index contributed by atoms with van der Waals surface area (Å²) in [6, 6.07) is 1.67. The summed E-state index contributed by atoms with van der Waals surface area (Å²) in [6.07, 6.45) is 6.37. The number of carbonyl (C=O) groups is 1. The first-order chi connectivity index (χ1) is 7.17. The van der Waals surface area contributed by atoms with Gasteiger partial charge in [0.05, 0.1) is 0 Å². The predicted molar refractivity (Wildman–Crippen MR) is 55.8 cm³/mol. The summed E-state index contributed by atoms with van der Waals surface area (Å²) in [5.74, 6) is 2.01. The average molecular weight is 207 g/mol. The van der Waals surface area contributed by atoms with E-state index in [1.54, 1.807) is 13.1 Å². The first-order valence-electron chi connectivity index (χ1n) is 4.37. The largest absolute Gasteiger partial charge is 0.398 e. The molecule has 0 saturated carbocycles. The maximum atomic E-state index is 11.5. The molecule has 0 spiro atoms. The highest BCUT2D eigenvalue weighted by molar-refractivity contribution is 6.44. The van der Waals surface area contributed by atoms with Gasteiger partial charge in [0.2, 0.25) is 5.71 Å². The fourth-order valence-electron chi connectivity index (χ4n) is 0.899. The molecule has 0 aromatic rings. The molecular formula is C10H13N3O2. The molecule has 1 amide bonds. The van der Waals surface area contributed by atoms with Crippen molar-refractivity contribution in [1.29, 1.82) is 5.26 Å². The van der Waals surface area contributed by atoms with Crippen molar-refractivity contribution in [2.75, 3.05) is 20.7 Å². The van der Waals surface area contributed by atoms with Gasteiger partial charge in [-0.2, -0.15) is 5.26 Å². The number of unbranched alkanes of at least 4 members (excludes halogenated alkanes) is 1. The van der Waals surface area contributed by atoms with Gasteiger partial charge >= 0.3 is 0 Å². The Morgan fingerprint density at radius 2 is 2.33 bits per heavy atom. The summed E-state index contributed by atoms with van der Waals surface area (Å²) in [5, 5.41) is 11.9. The molecular weight excluding hydrogens is 194 g/mol. The lowest BCUT2D eigenvalue weighted by Crippen LogP contribution is -2.33. The highest BCUT2D eigenvalue weighted by Gasteiger charge is 2.16. The Hall–Kier alpha value is -2.01. The van der Waals surface area contributed by atoms with E-state index in [1.165, 1.54) is 12.0 Å². The third-order valence-corrected chi connectivity index (χ3v) is 1.65. The van der Waals surface area contributed by atoms with Crippen LogP contribution in [0.25, 0.3) is 0 Å². The molecule has 0 aromatic heterocycles. The van der Waals surface area contributed by atoms with Gasteiger partial charge in [-0.1, -0.05) is 5.16 Å². The summed E-state index contributed by atoms with van der Waals surface area (Å²) < 4.78 is 0. The summed E-state index contributed by atoms with van der Waals surface area (Å²) in [6.45, 7) is 0.493. The highest BCUT2D eigenvalue weighted by atomic mass is 16.6. The van der Waals surface area contributed by atoms with Gasteiger partial charge in [0, 0.05) is 20.0 Å². The van der Waals surface area contributed by atoms with E-state index in [2.05, 4.69) is 15.9 Å². The number of hydrogen-bond donors (Lipinski definition) is 0. The number of nitrogens with zero attached hydrogens (tertiary/aromatic N) is 3. The molecule has 0 atom stereocenters. The van der Waals surface area contributed by atoms with Crippen molar-refractivity contribution in [2.45, 2.75) is 12.8 Å². The van der Waals surface area contributed by atoms with Crippen LogP contribution in [0.2, 0.25) is 0 Å². The van der Waals surface area contributed by atoms with Gasteiger partial charge in [-0.25, -0.2) is 0 Å². The molecule has 5 heteroatoms. The third-order valence-electron chi connectivity index (χ3n) is 1.65. The minimum Gasteiger partial charge on any atom is -0.398 e. The Bertz CT molecular complexity index is 323. The smallest absolute Gasteiger partial charge is 0.286 e. The lowest BCUT2D eigenvalue weighted by Gasteiger charge is -2.14. The molecule has 0 heterocycles. The van der Waals surface area contributed by atoms with E-state index in [9.17, 15) is 4.79 Å². The molecule has 0 aromatic carbocycles. The standard InChI is InChI=1S/C10H13N3O2/c1-4-5-6-7-13(2)10(14)9(8-11)12-15-3/h1H,5-7H2,2-3H3. The summed E-state index contributed by atoms with van der Waals surface area (Å²) >= 11 is 0. The van der Waals surface area contributed by atoms with Crippen molar-refractivity contribution in [3.05, 3.63) is 0 Å². The van der Waals surface area contributed by atoms with Crippen LogP contribution in [0.1, 0.15) is 12.8 Å². The van der Waals surface area contributed by atoms with Crippen LogP contribution in [0, 0.1) is 23.7 Å². The number of amides is 1. The van der Waals surface area contributed by atoms with E-state index in [0.29, 0.717) is 19.4 Å². The maximum absolute atomic E-state index is 11.5. The second-order valence-electron chi connectivity index (χ2n) is 2.77. The monoisotopic (exact) mass is 207 g/mol. The molecule has 0 unspecified atom stereocenters. The summed E-state index contributed by atoms with van der Waals surface area (Å²) in [4.78, 5) is 17.3. The zero-order chi connectivity index (χ0) is 11.7. The number of terminal acetylenes is 1. The topological polar surface area (TPSA) is 65.7 Å². The molecule has 15 heavy (non-hydrogen) atoms. The van der Waals surface area contributed by atoms with Crippen LogP contribution in [-0.2, 0) is 9.63 Å². The molecule has 0 bridgehead atoms. The second kappa shape index (κ2) is 7.40. The van der Waals surface area contributed by atoms with Crippen molar-refractivity contribution in [3.8, 4) is 18.4 Å². The zero-order valence-electron chi connectivity index (χ0n) is 8.86. The third kappa shape index (κ3) is 4.68. The van der Waals surface area contributed by atoms with Gasteiger partial charge in [0.15, 0.2) is 0 Å². The number of rotatable bonds is 5. The van der Waals surface area contributed by atoms with Crippen molar-refractivity contribution >= 4 is 11.6 Å². The molecule has 0 saturated heterocycles. The molecule has 0 N–H and O–H groups in total. The van der Waals surface area contributed by atoms with E-state index in [-0.39, 0.29) is 5.71 Å². The lowest BCUT2D eigenvalue weighted by atomic mass is 10.3. The first-order valence-corrected chi connectivity index (χ1v) is 4.37. The van der Waals surface area contributed by atoms with Gasteiger partial charge in [0.25, 0.3) is 5.91 Å². The quantitative estimate of drug-likeness (QED) is 0.283. The Balaban J connectivity index is 4.26. The zero-order valence-corrected chi connectivity index (χ0v) is 8.86. The van der Waals surface area contributed by atoms with Crippen LogP contribution >= 0.6 is 0 Å². The van der Waals surface area contributed by atoms with Crippen LogP contribution in [-0.4, -0.2) is 37.2 Å². The van der Waals surface area contributed by atoms with Crippen LogP contribution < -0.4 is 0 Å². The van der Waals surface area contributed by atoms with E-state index >= 15 is 0 Å². The molecule has 0 aliphatic carbocycles. The molecule has 0 fully saturated rings. The van der Waals surface area contributed by atoms with Crippen molar-refractivity contribution in [2.24, 2.45) is 5.16 Å². The van der Waals surface area contributed by atoms with Gasteiger partial charge in [-0.3, -0.25) is 4.79 Å². The molecule has 0 aliphatic rings. The lowest BCUT2D eigenvalue weighted by molar-refractivity contribution is -0.122. The van der Waals surface area contributed by atoms with E-state index in [0.717, 1.165) is 0 Å². The fourth-order valence-corrected chi connectivity index (χ4v) is 0.899. The average Bonchev–Trinajstić information content (AvgIpc) is 2.25. The number of hydrogen-bond acceptors (Lipinski definition) is 4. The Kier molecular flexibility index (Phi) is 6.41. The molecule has 0 radical (unpaired) electrons. The minimum absolute atomic E-state index is 0.263. The van der Waals surface area contributed by atoms with E-state index in [4.69, 9.17) is 11.7 Å². The Labute approximate surface area is 89.3 Å². The van der Waals surface area contributed by atoms with Crippen LogP contribution in [0.3, 0.4) is 0 Å². The van der Waals surface area contributed by atoms with Crippen LogP contribution in [0.15, 0.2) is 5.16 Å². The Morgan fingerprint density at radius 1 is 1.67 bits per heavy atom. The highest BCUT2D eigenvalue weighted by Crippen LogP contribution is 1.94. The minimum atomic E-state index is -0.462. The van der Waals surface area contributed by atoms with E-state index < -0.39 is 5.91 Å². The second-order valence-corrected chi connectivity index (χ2v) is 2.77. The van der Waals surface area contributed by atoms with Crippen LogP contribution in [0.5, 0.6) is 0 Å². The first kappa shape index (κ1) is 13.0. The van der Waals surface area contributed by atoms with Crippen molar-refractivity contribution in [1.82, 2.24) is 4.90 Å². The van der Waals surface area contributed by atoms with Crippen molar-refractivity contribution in [3.63, 3.8) is 0 Å². The Morgan fingerprint density at radius 3 is 2.80 bits per heavy atom. The van der Waals surface area contributed by atoms with Gasteiger partial charge in [-0.05, 0) is 6.42 Å². The number of carbonyl (C=O) groups excluding carboxylic acids is 1. The summed E-state index contributed by atoms with van der Waals surface area (Å²) in [5.41, 5.74) is -0.263. The molecule has 0 aliphatic heterocycles.